The molecule has 1 aliphatic rings. The fourth-order valence-corrected chi connectivity index (χ4v) is 2.87. The van der Waals surface area contributed by atoms with E-state index in [1.807, 2.05) is 32.9 Å². The summed E-state index contributed by atoms with van der Waals surface area (Å²) in [6, 6.07) is 4.25. The lowest BCUT2D eigenvalue weighted by atomic mass is 10.2. The quantitative estimate of drug-likeness (QED) is 0.325. The van der Waals surface area contributed by atoms with Crippen molar-refractivity contribution in [2.24, 2.45) is 4.99 Å². The van der Waals surface area contributed by atoms with Crippen molar-refractivity contribution in [3.05, 3.63) is 42.2 Å². The van der Waals surface area contributed by atoms with Crippen LogP contribution in [0.4, 0.5) is 4.79 Å². The SMILES string of the molecule is CN=C(NCCCN(Cc1cccnc1)C(=O)OC(C)(C)C)NC1CC=CC1. The molecule has 0 radical (unpaired) electrons. The van der Waals surface area contributed by atoms with Gasteiger partial charge in [0.05, 0.1) is 6.54 Å². The molecule has 28 heavy (non-hydrogen) atoms. The highest BCUT2D eigenvalue weighted by atomic mass is 16.6. The van der Waals surface area contributed by atoms with Crippen molar-refractivity contribution < 1.29 is 9.53 Å². The number of hydrogen-bond acceptors (Lipinski definition) is 4. The second-order valence-electron chi connectivity index (χ2n) is 7.90. The van der Waals surface area contributed by atoms with Gasteiger partial charge in [0, 0.05) is 38.6 Å². The first kappa shape index (κ1) is 21.7. The van der Waals surface area contributed by atoms with E-state index >= 15 is 0 Å². The first-order valence-corrected chi connectivity index (χ1v) is 9.86. The maximum Gasteiger partial charge on any atom is 0.410 e. The molecule has 2 N–H and O–H groups in total. The van der Waals surface area contributed by atoms with Crippen molar-refractivity contribution in [2.45, 2.75) is 58.2 Å². The molecule has 0 fully saturated rings. The molecule has 0 aromatic carbocycles. The molecule has 1 aromatic heterocycles. The summed E-state index contributed by atoms with van der Waals surface area (Å²) in [5.41, 5.74) is 0.455. The van der Waals surface area contributed by atoms with Gasteiger partial charge in [-0.15, -0.1) is 0 Å². The number of aromatic nitrogens is 1. The number of carbonyl (C=O) groups is 1. The highest BCUT2D eigenvalue weighted by molar-refractivity contribution is 5.80. The van der Waals surface area contributed by atoms with Gasteiger partial charge in [-0.2, -0.15) is 0 Å². The number of carbonyl (C=O) groups excluding carboxylic acids is 1. The molecule has 1 aliphatic carbocycles. The average molecular weight is 388 g/mol. The number of guanidine groups is 1. The van der Waals surface area contributed by atoms with Crippen LogP contribution in [-0.4, -0.2) is 53.7 Å². The number of pyridine rings is 1. The van der Waals surface area contributed by atoms with Crippen LogP contribution < -0.4 is 10.6 Å². The Morgan fingerprint density at radius 2 is 2.11 bits per heavy atom. The number of rotatable bonds is 7. The topological polar surface area (TPSA) is 78.9 Å². The summed E-state index contributed by atoms with van der Waals surface area (Å²) in [6.07, 6.45) is 10.4. The third kappa shape index (κ3) is 7.98. The first-order valence-electron chi connectivity index (χ1n) is 9.86. The summed E-state index contributed by atoms with van der Waals surface area (Å²) < 4.78 is 5.56. The molecule has 0 atom stereocenters. The molecular formula is C21H33N5O2. The number of aliphatic imine (C=N–C) groups is 1. The molecular weight excluding hydrogens is 354 g/mol. The smallest absolute Gasteiger partial charge is 0.410 e. The molecule has 0 saturated carbocycles. The third-order valence-electron chi connectivity index (χ3n) is 4.22. The maximum absolute atomic E-state index is 12.6. The molecule has 0 spiro atoms. The van der Waals surface area contributed by atoms with E-state index in [1.165, 1.54) is 0 Å². The zero-order valence-corrected chi connectivity index (χ0v) is 17.4. The predicted molar refractivity (Wildman–Crippen MR) is 112 cm³/mol. The third-order valence-corrected chi connectivity index (χ3v) is 4.22. The lowest BCUT2D eigenvalue weighted by Crippen LogP contribution is -2.43. The monoisotopic (exact) mass is 387 g/mol. The van der Waals surface area contributed by atoms with Crippen LogP contribution in [0.25, 0.3) is 0 Å². The summed E-state index contributed by atoms with van der Waals surface area (Å²) in [5, 5.41) is 6.73. The van der Waals surface area contributed by atoms with E-state index in [4.69, 9.17) is 4.74 Å². The van der Waals surface area contributed by atoms with Crippen molar-refractivity contribution in [3.8, 4) is 0 Å². The van der Waals surface area contributed by atoms with E-state index < -0.39 is 5.60 Å². The summed E-state index contributed by atoms with van der Waals surface area (Å²) in [7, 11) is 1.77. The Balaban J connectivity index is 1.84. The number of nitrogens with zero attached hydrogens (tertiary/aromatic N) is 3. The molecule has 0 saturated heterocycles. The van der Waals surface area contributed by atoms with Gasteiger partial charge in [0.25, 0.3) is 0 Å². The second kappa shape index (κ2) is 10.7. The molecule has 154 valence electrons. The Hall–Kier alpha value is -2.57. The minimum absolute atomic E-state index is 0.309. The highest BCUT2D eigenvalue weighted by Crippen LogP contribution is 2.13. The first-order chi connectivity index (χ1) is 13.4. The van der Waals surface area contributed by atoms with E-state index in [1.54, 1.807) is 24.3 Å². The number of nitrogens with one attached hydrogen (secondary N) is 2. The van der Waals surface area contributed by atoms with Crippen LogP contribution in [-0.2, 0) is 11.3 Å². The number of amides is 1. The van der Waals surface area contributed by atoms with Crippen molar-refractivity contribution in [1.29, 1.82) is 0 Å². The Morgan fingerprint density at radius 1 is 1.36 bits per heavy atom. The predicted octanol–water partition coefficient (Wildman–Crippen LogP) is 3.09. The minimum atomic E-state index is -0.524. The molecule has 0 bridgehead atoms. The van der Waals surface area contributed by atoms with Gasteiger partial charge in [0.1, 0.15) is 5.60 Å². The lowest BCUT2D eigenvalue weighted by molar-refractivity contribution is 0.0232. The van der Waals surface area contributed by atoms with E-state index in [-0.39, 0.29) is 6.09 Å². The van der Waals surface area contributed by atoms with Crippen molar-refractivity contribution in [1.82, 2.24) is 20.5 Å². The molecule has 2 rings (SSSR count). The van der Waals surface area contributed by atoms with Gasteiger partial charge in [-0.05, 0) is 51.7 Å². The molecule has 0 unspecified atom stereocenters. The van der Waals surface area contributed by atoms with Gasteiger partial charge in [0.2, 0.25) is 0 Å². The molecule has 7 nitrogen and oxygen atoms in total. The molecule has 1 heterocycles. The van der Waals surface area contributed by atoms with Gasteiger partial charge >= 0.3 is 6.09 Å². The zero-order chi connectivity index (χ0) is 20.4. The van der Waals surface area contributed by atoms with Crippen LogP contribution in [0, 0.1) is 0 Å². The summed E-state index contributed by atoms with van der Waals surface area (Å²) >= 11 is 0. The maximum atomic E-state index is 12.6. The Kier molecular flexibility index (Phi) is 8.29. The summed E-state index contributed by atoms with van der Waals surface area (Å²) in [6.45, 7) is 7.40. The highest BCUT2D eigenvalue weighted by Gasteiger charge is 2.22. The normalized spacial score (nSPS) is 14.8. The van der Waals surface area contributed by atoms with Crippen molar-refractivity contribution in [3.63, 3.8) is 0 Å². The van der Waals surface area contributed by atoms with Gasteiger partial charge in [-0.3, -0.25) is 9.98 Å². The van der Waals surface area contributed by atoms with Crippen LogP contribution in [0.5, 0.6) is 0 Å². The molecule has 0 aliphatic heterocycles. The van der Waals surface area contributed by atoms with Crippen LogP contribution in [0.15, 0.2) is 41.7 Å². The Labute approximate surface area is 168 Å². The number of hydrogen-bond donors (Lipinski definition) is 2. The fourth-order valence-electron chi connectivity index (χ4n) is 2.87. The average Bonchev–Trinajstić information content (AvgIpc) is 3.15. The molecule has 1 amide bonds. The van der Waals surface area contributed by atoms with Gasteiger partial charge in [-0.25, -0.2) is 4.79 Å². The van der Waals surface area contributed by atoms with E-state index in [0.717, 1.165) is 30.8 Å². The van der Waals surface area contributed by atoms with Crippen molar-refractivity contribution in [2.75, 3.05) is 20.1 Å². The van der Waals surface area contributed by atoms with Gasteiger partial charge < -0.3 is 20.3 Å². The molecule has 7 heteroatoms. The van der Waals surface area contributed by atoms with E-state index in [2.05, 4.69) is 32.8 Å². The Bertz CT molecular complexity index is 659. The summed E-state index contributed by atoms with van der Waals surface area (Å²) in [4.78, 5) is 22.7. The van der Waals surface area contributed by atoms with Crippen molar-refractivity contribution >= 4 is 12.1 Å². The lowest BCUT2D eigenvalue weighted by Gasteiger charge is -2.27. The van der Waals surface area contributed by atoms with E-state index in [9.17, 15) is 4.79 Å². The Morgan fingerprint density at radius 3 is 2.71 bits per heavy atom. The van der Waals surface area contributed by atoms with Gasteiger partial charge in [0.15, 0.2) is 5.96 Å². The van der Waals surface area contributed by atoms with Crippen LogP contribution in [0.3, 0.4) is 0 Å². The fraction of sp³-hybridized carbons (Fsp3) is 0.571. The van der Waals surface area contributed by atoms with Crippen LogP contribution in [0.1, 0.15) is 45.6 Å². The molecule has 1 aromatic rings. The standard InChI is InChI=1S/C21H33N5O2/c1-21(2,3)28-20(27)26(16-17-9-7-12-23-15-17)14-8-13-24-19(22-4)25-18-10-5-6-11-18/h5-7,9,12,15,18H,8,10-11,13-14,16H2,1-4H3,(H2,22,24,25). The van der Waals surface area contributed by atoms with Crippen LogP contribution in [0.2, 0.25) is 0 Å². The summed E-state index contributed by atoms with van der Waals surface area (Å²) in [5.74, 6) is 0.796. The minimum Gasteiger partial charge on any atom is -0.444 e. The van der Waals surface area contributed by atoms with Gasteiger partial charge in [-0.1, -0.05) is 18.2 Å². The largest absolute Gasteiger partial charge is 0.444 e. The van der Waals surface area contributed by atoms with E-state index in [0.29, 0.717) is 25.7 Å². The second-order valence-corrected chi connectivity index (χ2v) is 7.90. The van der Waals surface area contributed by atoms with Crippen LogP contribution >= 0.6 is 0 Å². The number of ether oxygens (including phenoxy) is 1. The zero-order valence-electron chi connectivity index (χ0n) is 17.4.